The van der Waals surface area contributed by atoms with Gasteiger partial charge in [-0.2, -0.15) is 0 Å². The second-order valence-electron chi connectivity index (χ2n) is 5.53. The smallest absolute Gasteiger partial charge is 0.230 e. The molecule has 3 rings (SSSR count). The third-order valence-corrected chi connectivity index (χ3v) is 4.23. The van der Waals surface area contributed by atoms with E-state index in [1.165, 1.54) is 21.1 Å². The van der Waals surface area contributed by atoms with Crippen molar-refractivity contribution in [3.8, 4) is 34.1 Å². The van der Waals surface area contributed by atoms with Gasteiger partial charge in [-0.05, 0) is 19.1 Å². The van der Waals surface area contributed by atoms with Gasteiger partial charge in [0, 0.05) is 12.7 Å². The molecule has 1 atom stereocenters. The summed E-state index contributed by atoms with van der Waals surface area (Å²) >= 11 is 0. The summed E-state index contributed by atoms with van der Waals surface area (Å²) in [6, 6.07) is 7.23. The monoisotopic (exact) mass is 344 g/mol. The van der Waals surface area contributed by atoms with E-state index in [1.807, 2.05) is 18.2 Å². The number of benzene rings is 2. The molecule has 0 saturated heterocycles. The number of methoxy groups -OCH3 is 4. The van der Waals surface area contributed by atoms with Gasteiger partial charge in [-0.3, -0.25) is 4.79 Å². The van der Waals surface area contributed by atoms with Crippen LogP contribution in [0.15, 0.2) is 24.3 Å². The highest BCUT2D eigenvalue weighted by molar-refractivity contribution is 6.02. The van der Waals surface area contributed by atoms with Gasteiger partial charge in [0.05, 0.1) is 38.0 Å². The molecular weight excluding hydrogens is 324 g/mol. The molecule has 0 N–H and O–H groups in total. The van der Waals surface area contributed by atoms with Gasteiger partial charge in [-0.15, -0.1) is 0 Å². The van der Waals surface area contributed by atoms with Crippen molar-refractivity contribution >= 4 is 5.78 Å². The Morgan fingerprint density at radius 3 is 2.32 bits per heavy atom. The summed E-state index contributed by atoms with van der Waals surface area (Å²) in [7, 11) is 6.19. The zero-order valence-corrected chi connectivity index (χ0v) is 14.8. The minimum atomic E-state index is -0.666. The Balaban J connectivity index is 2.42. The van der Waals surface area contributed by atoms with Crippen molar-refractivity contribution in [2.24, 2.45) is 0 Å². The maximum absolute atomic E-state index is 12.1. The molecule has 25 heavy (non-hydrogen) atoms. The van der Waals surface area contributed by atoms with Crippen LogP contribution < -0.4 is 18.9 Å². The molecule has 0 fully saturated rings. The van der Waals surface area contributed by atoms with Crippen molar-refractivity contribution in [3.63, 3.8) is 0 Å². The molecule has 0 amide bonds. The minimum Gasteiger partial charge on any atom is -0.496 e. The molecule has 2 aromatic carbocycles. The van der Waals surface area contributed by atoms with Crippen molar-refractivity contribution in [1.29, 1.82) is 0 Å². The molecule has 0 aliphatic carbocycles. The standard InChI is InChI=1S/C19H20O6/c1-10(20)12-9-14(22-3)18-16(17(12)23-4)11-7-6-8-13(21-2)15(11)19(24-5)25-18/h6-9,19H,1-5H3/t19-/m1/s1. The van der Waals surface area contributed by atoms with Crippen LogP contribution in [0.5, 0.6) is 23.0 Å². The first-order valence-electron chi connectivity index (χ1n) is 7.74. The Bertz CT molecular complexity index is 827. The van der Waals surface area contributed by atoms with Gasteiger partial charge < -0.3 is 23.7 Å². The first kappa shape index (κ1) is 17.1. The van der Waals surface area contributed by atoms with E-state index in [0.29, 0.717) is 34.1 Å². The van der Waals surface area contributed by atoms with Crippen LogP contribution in [0.2, 0.25) is 0 Å². The largest absolute Gasteiger partial charge is 0.496 e. The Morgan fingerprint density at radius 1 is 1.04 bits per heavy atom. The Hall–Kier alpha value is -2.73. The first-order chi connectivity index (χ1) is 12.1. The Labute approximate surface area is 146 Å². The molecule has 0 saturated carbocycles. The number of hydrogen-bond acceptors (Lipinski definition) is 6. The predicted octanol–water partition coefficient (Wildman–Crippen LogP) is 3.62. The molecule has 1 aliphatic heterocycles. The second kappa shape index (κ2) is 6.64. The second-order valence-corrected chi connectivity index (χ2v) is 5.53. The van der Waals surface area contributed by atoms with Crippen LogP contribution in [0.1, 0.15) is 29.1 Å². The fourth-order valence-electron chi connectivity index (χ4n) is 3.13. The summed E-state index contributed by atoms with van der Waals surface area (Å²) in [4.78, 5) is 12.1. The lowest BCUT2D eigenvalue weighted by atomic mass is 9.91. The van der Waals surface area contributed by atoms with Crippen LogP contribution in [0, 0.1) is 0 Å². The lowest BCUT2D eigenvalue weighted by molar-refractivity contribution is -0.0603. The molecule has 6 heteroatoms. The van der Waals surface area contributed by atoms with E-state index in [4.69, 9.17) is 23.7 Å². The van der Waals surface area contributed by atoms with Gasteiger partial charge >= 0.3 is 0 Å². The zero-order valence-electron chi connectivity index (χ0n) is 14.8. The maximum Gasteiger partial charge on any atom is 0.230 e. The van der Waals surface area contributed by atoms with Crippen LogP contribution in [-0.2, 0) is 4.74 Å². The third-order valence-electron chi connectivity index (χ3n) is 4.23. The first-order valence-corrected chi connectivity index (χ1v) is 7.74. The van der Waals surface area contributed by atoms with Gasteiger partial charge in [0.15, 0.2) is 17.3 Å². The van der Waals surface area contributed by atoms with Crippen molar-refractivity contribution in [3.05, 3.63) is 35.4 Å². The van der Waals surface area contributed by atoms with E-state index < -0.39 is 6.29 Å². The van der Waals surface area contributed by atoms with Crippen LogP contribution >= 0.6 is 0 Å². The maximum atomic E-state index is 12.1. The van der Waals surface area contributed by atoms with E-state index in [1.54, 1.807) is 20.3 Å². The predicted molar refractivity (Wildman–Crippen MR) is 91.9 cm³/mol. The fraction of sp³-hybridized carbons (Fsp3) is 0.316. The molecule has 0 aromatic heterocycles. The number of carbonyl (C=O) groups is 1. The Kier molecular flexibility index (Phi) is 4.55. The molecule has 0 unspecified atom stereocenters. The minimum absolute atomic E-state index is 0.128. The number of ether oxygens (including phenoxy) is 5. The highest BCUT2D eigenvalue weighted by Gasteiger charge is 2.35. The number of hydrogen-bond donors (Lipinski definition) is 0. The molecule has 1 heterocycles. The summed E-state index contributed by atoms with van der Waals surface area (Å²) in [5, 5.41) is 0. The van der Waals surface area contributed by atoms with Gasteiger partial charge in [0.25, 0.3) is 0 Å². The molecule has 0 spiro atoms. The van der Waals surface area contributed by atoms with Crippen molar-refractivity contribution < 1.29 is 28.5 Å². The van der Waals surface area contributed by atoms with Gasteiger partial charge in [-0.1, -0.05) is 12.1 Å². The number of rotatable bonds is 5. The Morgan fingerprint density at radius 2 is 1.76 bits per heavy atom. The average molecular weight is 344 g/mol. The fourth-order valence-corrected chi connectivity index (χ4v) is 3.13. The van der Waals surface area contributed by atoms with Crippen LogP contribution in [-0.4, -0.2) is 34.2 Å². The lowest BCUT2D eigenvalue weighted by Gasteiger charge is -2.31. The average Bonchev–Trinajstić information content (AvgIpc) is 2.64. The SMILES string of the molecule is COc1cc(C(C)=O)c(OC)c2c1O[C@@H](OC)c1c(OC)cccc1-2. The summed E-state index contributed by atoms with van der Waals surface area (Å²) in [6.45, 7) is 1.48. The number of carbonyl (C=O) groups excluding carboxylic acids is 1. The van der Waals surface area contributed by atoms with Crippen LogP contribution in [0.25, 0.3) is 11.1 Å². The van der Waals surface area contributed by atoms with Crippen LogP contribution in [0.4, 0.5) is 0 Å². The molecule has 1 aliphatic rings. The number of Topliss-reactive ketones (excluding diaryl/α,β-unsaturated/α-hetero) is 1. The normalized spacial score (nSPS) is 14.8. The van der Waals surface area contributed by atoms with Gasteiger partial charge in [-0.25, -0.2) is 0 Å². The summed E-state index contributed by atoms with van der Waals surface area (Å²) < 4.78 is 28.0. The molecule has 6 nitrogen and oxygen atoms in total. The molecule has 0 radical (unpaired) electrons. The van der Waals surface area contributed by atoms with E-state index in [9.17, 15) is 4.79 Å². The lowest BCUT2D eigenvalue weighted by Crippen LogP contribution is -2.18. The van der Waals surface area contributed by atoms with Crippen molar-refractivity contribution in [2.75, 3.05) is 28.4 Å². The highest BCUT2D eigenvalue weighted by Crippen LogP contribution is 2.54. The molecule has 0 bridgehead atoms. The topological polar surface area (TPSA) is 63.2 Å². The van der Waals surface area contributed by atoms with E-state index in [2.05, 4.69) is 0 Å². The summed E-state index contributed by atoms with van der Waals surface area (Å²) in [5.41, 5.74) is 2.62. The summed E-state index contributed by atoms with van der Waals surface area (Å²) in [5.74, 6) is 1.85. The quantitative estimate of drug-likeness (QED) is 0.772. The van der Waals surface area contributed by atoms with Gasteiger partial charge in [0.2, 0.25) is 6.29 Å². The molecular formula is C19H20O6. The number of ketones is 1. The van der Waals surface area contributed by atoms with E-state index in [0.717, 1.165) is 11.1 Å². The van der Waals surface area contributed by atoms with Crippen LogP contribution in [0.3, 0.4) is 0 Å². The summed E-state index contributed by atoms with van der Waals surface area (Å²) in [6.07, 6.45) is -0.666. The molecule has 2 aromatic rings. The zero-order chi connectivity index (χ0) is 18.1. The van der Waals surface area contributed by atoms with Crippen molar-refractivity contribution in [2.45, 2.75) is 13.2 Å². The number of fused-ring (bicyclic) bond motifs is 3. The van der Waals surface area contributed by atoms with E-state index in [-0.39, 0.29) is 5.78 Å². The third kappa shape index (κ3) is 2.59. The van der Waals surface area contributed by atoms with E-state index >= 15 is 0 Å². The molecule has 132 valence electrons. The van der Waals surface area contributed by atoms with Crippen molar-refractivity contribution in [1.82, 2.24) is 0 Å². The van der Waals surface area contributed by atoms with Gasteiger partial charge in [0.1, 0.15) is 11.5 Å². The highest BCUT2D eigenvalue weighted by atomic mass is 16.7.